The van der Waals surface area contributed by atoms with Crippen LogP contribution >= 0.6 is 11.6 Å². The molecule has 6 heteroatoms. The molecule has 5 nitrogen and oxygen atoms in total. The summed E-state index contributed by atoms with van der Waals surface area (Å²) >= 11 is 5.88. The molecule has 162 valence electrons. The van der Waals surface area contributed by atoms with Crippen molar-refractivity contribution in [3.63, 3.8) is 0 Å². The van der Waals surface area contributed by atoms with Crippen molar-refractivity contribution in [2.45, 2.75) is 44.2 Å². The van der Waals surface area contributed by atoms with E-state index in [9.17, 15) is 0 Å². The topological polar surface area (TPSA) is 52.6 Å². The molecule has 0 spiro atoms. The Balaban J connectivity index is 1.04. The van der Waals surface area contributed by atoms with E-state index < -0.39 is 0 Å². The highest BCUT2D eigenvalue weighted by Gasteiger charge is 2.38. The van der Waals surface area contributed by atoms with Crippen molar-refractivity contribution < 1.29 is 14.2 Å². The quantitative estimate of drug-likeness (QED) is 0.471. The van der Waals surface area contributed by atoms with E-state index in [2.05, 4.69) is 16.4 Å². The van der Waals surface area contributed by atoms with Crippen LogP contribution in [0.5, 0.6) is 5.75 Å². The molecular weight excluding hydrogens is 400 g/mol. The van der Waals surface area contributed by atoms with Gasteiger partial charge in [-0.3, -0.25) is 4.98 Å². The van der Waals surface area contributed by atoms with Gasteiger partial charge in [0.15, 0.2) is 0 Å². The van der Waals surface area contributed by atoms with Crippen LogP contribution in [0.1, 0.15) is 42.7 Å². The summed E-state index contributed by atoms with van der Waals surface area (Å²) in [6, 6.07) is 10.4. The lowest BCUT2D eigenvalue weighted by Crippen LogP contribution is -2.46. The first kappa shape index (κ1) is 21.6. The fourth-order valence-electron chi connectivity index (χ4n) is 3.75. The first-order valence-corrected chi connectivity index (χ1v) is 11.4. The standard InChI is InChI=1S/C24H31ClN2O3/c25-21-4-2-18(3-5-21)16-29-10-1-9-28-11-7-19-13-24(19)20-12-23(15-26-14-20)30-17-22-6-8-27-22/h2-5,12,14-15,19,22,24,27H,1,6-11,13,16-17H2/t19-,22+,24+/m1/s1. The van der Waals surface area contributed by atoms with Crippen LogP contribution in [0.2, 0.25) is 5.02 Å². The Morgan fingerprint density at radius 2 is 1.90 bits per heavy atom. The van der Waals surface area contributed by atoms with E-state index >= 15 is 0 Å². The van der Waals surface area contributed by atoms with Crippen LogP contribution in [-0.2, 0) is 16.1 Å². The number of rotatable bonds is 13. The molecular formula is C24H31ClN2O3. The highest BCUT2D eigenvalue weighted by atomic mass is 35.5. The minimum atomic E-state index is 0.502. The van der Waals surface area contributed by atoms with Crippen LogP contribution < -0.4 is 10.1 Å². The summed E-state index contributed by atoms with van der Waals surface area (Å²) < 4.78 is 17.4. The Morgan fingerprint density at radius 3 is 2.70 bits per heavy atom. The summed E-state index contributed by atoms with van der Waals surface area (Å²) in [6.07, 6.45) is 8.25. The van der Waals surface area contributed by atoms with E-state index in [0.717, 1.165) is 55.5 Å². The average molecular weight is 431 g/mol. The summed E-state index contributed by atoms with van der Waals surface area (Å²) in [7, 11) is 0. The van der Waals surface area contributed by atoms with Gasteiger partial charge in [-0.1, -0.05) is 23.7 Å². The SMILES string of the molecule is Clc1ccc(COCCCOCC[C@@H]2C[C@@H]2c2cncc(OC[C@@H]3CCN3)c2)cc1. The molecule has 2 aromatic rings. The third-order valence-electron chi connectivity index (χ3n) is 5.85. The van der Waals surface area contributed by atoms with Crippen LogP contribution in [0, 0.1) is 5.92 Å². The second-order valence-electron chi connectivity index (χ2n) is 8.24. The predicted molar refractivity (Wildman–Crippen MR) is 118 cm³/mol. The van der Waals surface area contributed by atoms with Gasteiger partial charge >= 0.3 is 0 Å². The van der Waals surface area contributed by atoms with E-state index in [1.165, 1.54) is 18.4 Å². The molecule has 1 aliphatic heterocycles. The van der Waals surface area contributed by atoms with Crippen molar-refractivity contribution in [1.29, 1.82) is 0 Å². The van der Waals surface area contributed by atoms with Gasteiger partial charge in [0.05, 0.1) is 12.8 Å². The Hall–Kier alpha value is -1.66. The first-order chi connectivity index (χ1) is 14.8. The molecule has 30 heavy (non-hydrogen) atoms. The van der Waals surface area contributed by atoms with Crippen LogP contribution in [-0.4, -0.2) is 44.0 Å². The second kappa shape index (κ2) is 11.1. The van der Waals surface area contributed by atoms with Crippen molar-refractivity contribution in [2.24, 2.45) is 5.92 Å². The number of pyridine rings is 1. The van der Waals surface area contributed by atoms with Gasteiger partial charge in [0, 0.05) is 37.1 Å². The number of aromatic nitrogens is 1. The minimum absolute atomic E-state index is 0.502. The molecule has 1 saturated heterocycles. The molecule has 1 aromatic carbocycles. The number of hydrogen-bond donors (Lipinski definition) is 1. The molecule has 0 bridgehead atoms. The van der Waals surface area contributed by atoms with E-state index in [1.807, 2.05) is 36.7 Å². The number of hydrogen-bond acceptors (Lipinski definition) is 5. The molecule has 0 unspecified atom stereocenters. The molecule has 0 amide bonds. The lowest BCUT2D eigenvalue weighted by Gasteiger charge is -2.27. The molecule has 0 radical (unpaired) electrons. The van der Waals surface area contributed by atoms with Crippen molar-refractivity contribution in [2.75, 3.05) is 33.0 Å². The number of ether oxygens (including phenoxy) is 3. The Bertz CT molecular complexity index is 782. The zero-order valence-electron chi connectivity index (χ0n) is 17.4. The fourth-order valence-corrected chi connectivity index (χ4v) is 3.88. The highest BCUT2D eigenvalue weighted by molar-refractivity contribution is 6.30. The molecule has 2 fully saturated rings. The molecule has 3 atom stereocenters. The van der Waals surface area contributed by atoms with Crippen molar-refractivity contribution in [3.05, 3.63) is 58.9 Å². The fraction of sp³-hybridized carbons (Fsp3) is 0.542. The number of halogens is 1. The molecule has 1 N–H and O–H groups in total. The van der Waals surface area contributed by atoms with Gasteiger partial charge in [-0.2, -0.15) is 0 Å². The number of nitrogens with one attached hydrogen (secondary N) is 1. The molecule has 1 aliphatic carbocycles. The maximum atomic E-state index is 5.88. The highest BCUT2D eigenvalue weighted by Crippen LogP contribution is 2.49. The average Bonchev–Trinajstić information content (AvgIpc) is 3.50. The lowest BCUT2D eigenvalue weighted by molar-refractivity contribution is 0.0735. The summed E-state index contributed by atoms with van der Waals surface area (Å²) in [4.78, 5) is 4.37. The lowest BCUT2D eigenvalue weighted by atomic mass is 10.1. The summed E-state index contributed by atoms with van der Waals surface area (Å²) in [5.74, 6) is 2.20. The zero-order chi connectivity index (χ0) is 20.6. The molecule has 4 rings (SSSR count). The van der Waals surface area contributed by atoms with Crippen molar-refractivity contribution in [1.82, 2.24) is 10.3 Å². The van der Waals surface area contributed by atoms with Crippen LogP contribution in [0.4, 0.5) is 0 Å². The number of benzene rings is 1. The third kappa shape index (κ3) is 6.67. The van der Waals surface area contributed by atoms with Crippen LogP contribution in [0.3, 0.4) is 0 Å². The van der Waals surface area contributed by atoms with Crippen LogP contribution in [0.15, 0.2) is 42.7 Å². The Kier molecular flexibility index (Phi) is 7.98. The van der Waals surface area contributed by atoms with Gasteiger partial charge < -0.3 is 19.5 Å². The Morgan fingerprint density at radius 1 is 1.07 bits per heavy atom. The third-order valence-corrected chi connectivity index (χ3v) is 6.11. The van der Waals surface area contributed by atoms with E-state index in [-0.39, 0.29) is 0 Å². The minimum Gasteiger partial charge on any atom is -0.490 e. The molecule has 1 saturated carbocycles. The monoisotopic (exact) mass is 430 g/mol. The smallest absolute Gasteiger partial charge is 0.137 e. The van der Waals surface area contributed by atoms with Crippen molar-refractivity contribution in [3.8, 4) is 5.75 Å². The van der Waals surface area contributed by atoms with Gasteiger partial charge in [0.1, 0.15) is 12.4 Å². The van der Waals surface area contributed by atoms with Gasteiger partial charge in [-0.25, -0.2) is 0 Å². The largest absolute Gasteiger partial charge is 0.490 e. The summed E-state index contributed by atoms with van der Waals surface area (Å²) in [5.41, 5.74) is 2.44. The van der Waals surface area contributed by atoms with Crippen LogP contribution in [0.25, 0.3) is 0 Å². The zero-order valence-corrected chi connectivity index (χ0v) is 18.2. The first-order valence-electron chi connectivity index (χ1n) is 11.0. The second-order valence-corrected chi connectivity index (χ2v) is 8.68. The van der Waals surface area contributed by atoms with Gasteiger partial charge in [-0.05, 0) is 73.4 Å². The maximum Gasteiger partial charge on any atom is 0.137 e. The maximum absolute atomic E-state index is 5.88. The Labute approximate surface area is 184 Å². The summed E-state index contributed by atoms with van der Waals surface area (Å²) in [5, 5.41) is 4.11. The van der Waals surface area contributed by atoms with E-state index in [1.54, 1.807) is 0 Å². The molecule has 2 aliphatic rings. The normalized spacial score (nSPS) is 22.5. The molecule has 2 heterocycles. The predicted octanol–water partition coefficient (Wildman–Crippen LogP) is 4.59. The summed E-state index contributed by atoms with van der Waals surface area (Å²) in [6.45, 7) is 4.73. The van der Waals surface area contributed by atoms with Gasteiger partial charge in [0.25, 0.3) is 0 Å². The molecule has 1 aromatic heterocycles. The van der Waals surface area contributed by atoms with Gasteiger partial charge in [0.2, 0.25) is 0 Å². The van der Waals surface area contributed by atoms with E-state index in [4.69, 9.17) is 25.8 Å². The van der Waals surface area contributed by atoms with Gasteiger partial charge in [-0.15, -0.1) is 0 Å². The van der Waals surface area contributed by atoms with Crippen molar-refractivity contribution >= 4 is 11.6 Å². The number of nitrogens with zero attached hydrogens (tertiary/aromatic N) is 1. The van der Waals surface area contributed by atoms with E-state index in [0.29, 0.717) is 31.1 Å².